The average Bonchev–Trinajstić information content (AvgIpc) is 1.67. The number of alkyl halides is 2. The third kappa shape index (κ3) is 49.9. The monoisotopic (exact) mass is 2270 g/mol. The number of Topliss-reactive ketones (excluding diaryl/α,β-unsaturated/α-hetero) is 10. The summed E-state index contributed by atoms with van der Waals surface area (Å²) in [5.41, 5.74) is 16.8. The van der Waals surface area contributed by atoms with Crippen molar-refractivity contribution in [2.24, 2.45) is 17.2 Å². The van der Waals surface area contributed by atoms with E-state index < -0.39 is 45.5 Å². The van der Waals surface area contributed by atoms with Gasteiger partial charge in [0.1, 0.15) is 76.0 Å². The van der Waals surface area contributed by atoms with Crippen LogP contribution >= 0.6 is 183 Å². The summed E-state index contributed by atoms with van der Waals surface area (Å²) in [4.78, 5) is 208. The number of aromatic nitrogens is 9. The molecule has 776 valence electrons. The highest BCUT2D eigenvalue weighted by Crippen LogP contribution is 2.34. The maximum absolute atomic E-state index is 13.1. The molecule has 1 atom stereocenters. The van der Waals surface area contributed by atoms with Crippen LogP contribution in [0, 0.1) is 72.6 Å². The Hall–Kier alpha value is -7.65. The molecule has 5 amide bonds. The van der Waals surface area contributed by atoms with E-state index >= 15 is 0 Å². The Morgan fingerprint density at radius 2 is 0.610 bits per heavy atom. The molecule has 2 aliphatic heterocycles. The number of nitrogens with two attached hydrogens (primary N) is 3. The van der Waals surface area contributed by atoms with Crippen LogP contribution in [-0.4, -0.2) is 213 Å². The summed E-state index contributed by atoms with van der Waals surface area (Å²) >= 11 is 51.8. The predicted molar refractivity (Wildman–Crippen MR) is 552 cm³/mol. The molecule has 11 heterocycles. The van der Waals surface area contributed by atoms with Crippen LogP contribution in [0.15, 0.2) is 0 Å². The lowest BCUT2D eigenvalue weighted by Crippen LogP contribution is -2.26. The molecule has 9 aromatic heterocycles. The fourth-order valence-corrected chi connectivity index (χ4v) is 21.4. The van der Waals surface area contributed by atoms with Gasteiger partial charge in [0.05, 0.1) is 57.7 Å². The van der Waals surface area contributed by atoms with Crippen molar-refractivity contribution in [3.63, 3.8) is 0 Å². The highest BCUT2D eigenvalue weighted by molar-refractivity contribution is 7.18. The number of aryl methyl sites for hydroxylation is 9. The predicted octanol–water partition coefficient (Wildman–Crippen LogP) is 20.9. The van der Waals surface area contributed by atoms with Crippen molar-refractivity contribution in [3.05, 3.63) is 137 Å². The summed E-state index contributed by atoms with van der Waals surface area (Å²) in [6, 6.07) is 0. The molecule has 0 aromatic carbocycles. The van der Waals surface area contributed by atoms with Gasteiger partial charge in [0, 0.05) is 143 Å². The topological polar surface area (TPSA) is 501 Å². The number of hydrogen-bond donors (Lipinski definition) is 6. The van der Waals surface area contributed by atoms with Crippen LogP contribution in [0.1, 0.15) is 320 Å². The van der Waals surface area contributed by atoms with Gasteiger partial charge in [0.25, 0.3) is 5.92 Å². The number of halogens is 11. The number of primary amides is 3. The molecule has 141 heavy (non-hydrogen) atoms. The minimum absolute atomic E-state index is 0.0141. The minimum Gasteiger partial charge on any atom is -0.392 e. The zero-order valence-electron chi connectivity index (χ0n) is 79.8. The van der Waals surface area contributed by atoms with E-state index in [1.165, 1.54) is 106 Å². The number of aliphatic hydroxyl groups excluding tert-OH is 1. The van der Waals surface area contributed by atoms with E-state index in [0.29, 0.717) is 140 Å². The van der Waals surface area contributed by atoms with Crippen LogP contribution in [0.4, 0.5) is 17.6 Å². The number of amides is 5. The van der Waals surface area contributed by atoms with Gasteiger partial charge >= 0.3 is 0 Å². The first-order chi connectivity index (χ1) is 66.2. The maximum Gasteiger partial charge on any atom is 0.261 e. The molecule has 2 fully saturated rings. The zero-order chi connectivity index (χ0) is 106. The van der Waals surface area contributed by atoms with Crippen molar-refractivity contribution in [3.8, 4) is 0 Å². The number of nitrogens with zero attached hydrogens (tertiary/aromatic N) is 11. The lowest BCUT2D eigenvalue weighted by atomic mass is 10.1. The Labute approximate surface area is 885 Å². The molecule has 1 unspecified atom stereocenters. The summed E-state index contributed by atoms with van der Waals surface area (Å²) in [6.07, 6.45) is 10.8. The Bertz CT molecular complexity index is 5580. The van der Waals surface area contributed by atoms with Crippen LogP contribution in [0.2, 0.25) is 30.4 Å². The molecular formula is C89H113Cl7F4N16O16S9. The second-order valence-corrected chi connectivity index (χ2v) is 45.9. The summed E-state index contributed by atoms with van der Waals surface area (Å²) in [6.45, 7) is 23.1. The molecule has 9 N–H and O–H groups in total. The van der Waals surface area contributed by atoms with Crippen LogP contribution < -0.4 is 27.8 Å². The maximum atomic E-state index is 13.1. The van der Waals surface area contributed by atoms with E-state index in [4.69, 9.17) is 98.4 Å². The second kappa shape index (κ2) is 66.5. The lowest BCUT2D eigenvalue weighted by molar-refractivity contribution is -0.121. The van der Waals surface area contributed by atoms with Crippen LogP contribution in [0.5, 0.6) is 0 Å². The zero-order valence-corrected chi connectivity index (χ0v) is 92.4. The number of likely N-dealkylation sites (tertiary alicyclic amines) is 2. The molecule has 0 aliphatic carbocycles. The highest BCUT2D eigenvalue weighted by Gasteiger charge is 2.38. The van der Waals surface area contributed by atoms with E-state index in [9.17, 15) is 94.6 Å². The second-order valence-electron chi connectivity index (χ2n) is 31.0. The van der Waals surface area contributed by atoms with Crippen molar-refractivity contribution in [1.82, 2.24) is 65.3 Å². The van der Waals surface area contributed by atoms with Crippen LogP contribution in [0.3, 0.4) is 0 Å². The van der Waals surface area contributed by atoms with E-state index in [1.807, 2.05) is 27.7 Å². The number of nitrogens with one attached hydrogen (secondary N) is 2. The van der Waals surface area contributed by atoms with Crippen molar-refractivity contribution in [1.29, 1.82) is 0 Å². The van der Waals surface area contributed by atoms with Gasteiger partial charge in [-0.25, -0.2) is 53.6 Å². The molecule has 2 aliphatic rings. The first kappa shape index (κ1) is 128. The number of ketones is 10. The number of unbranched alkanes of at least 4 members (excludes halogenated alkanes) is 3. The fourth-order valence-electron chi connectivity index (χ4n) is 12.1. The van der Waals surface area contributed by atoms with Gasteiger partial charge in [-0.2, -0.15) is 8.78 Å². The van der Waals surface area contributed by atoms with E-state index in [2.05, 4.69) is 67.3 Å². The van der Waals surface area contributed by atoms with Crippen molar-refractivity contribution < 1.29 is 94.6 Å². The molecule has 0 bridgehead atoms. The quantitative estimate of drug-likeness (QED) is 0.0117. The van der Waals surface area contributed by atoms with Gasteiger partial charge in [-0.1, -0.05) is 137 Å². The van der Waals surface area contributed by atoms with Gasteiger partial charge in [-0.05, 0) is 114 Å². The number of rotatable bonds is 43. The lowest BCUT2D eigenvalue weighted by Gasteiger charge is -2.14. The van der Waals surface area contributed by atoms with Crippen molar-refractivity contribution in [2.75, 3.05) is 53.4 Å². The largest absolute Gasteiger partial charge is 0.392 e. The standard InChI is InChI=1S/C12H15ClF2N2OS.C12H17ClN2O2S.C11H14ClNO2S.C11H16ClNOS.2C9H11ClN2O2S.C9H11FN2O2S.C8H9ClN2O2S.C8H9FN2O2S/c1-8-16-10(11(13)19-8)9(18)3-2-5-17-6-4-12(14,15)7-17;1-8-14-11(12(13)18-8)10(17)3-2-5-15-6-4-9(16)7-15;1-3-8(14)5-4-6-9(15)10-11(12)16-7(2)13-10;1-3-4-5-6-7-9(14)10-11(12)15-8(2)13-10;1-5-12-8(9(10)15-5)6(13)3-4-7(14)11-2;1-5-12-8(9(10)15-5)6(13)3-2-4-7(11)14;1-5-12-8(9(10)15-5)6(13)3-4-7(14)11-2;2*1-4-11-7(8(9)14-4)5(12)2-3-6(10)13/h2-7H2,1H3;9,16H,2-7H2,1H3;3-6H2,1-2H3;3-7H2,1-2H3;3-4H2,1-2H3,(H,11,14);2-4H2,1H3,(H2,11,14);3-4H2,1-2H3,(H,11,14);2*2-3H2,1H3,(H2,10,13). The average molecular weight is 2280 g/mol. The number of thiazole rings is 9. The first-order valence-corrected chi connectivity index (χ1v) is 54.0. The SMILES string of the molecule is CCC(=O)CCCC(=O)c1nc(C)sc1Cl.CCCCCCC(=O)c1nc(C)sc1Cl.CNC(=O)CCC(=O)c1nc(C)sc1Cl.CNC(=O)CCC(=O)c1nc(C)sc1F.Cc1nc(C(=O)CCC(N)=O)c(Cl)s1.Cc1nc(C(=O)CCC(N)=O)c(F)s1.Cc1nc(C(=O)CCCC(N)=O)c(Cl)s1.Cc1nc(C(=O)CCCN2CCC(F)(F)C2)c(Cl)s1.Cc1nc(C(=O)CCCN2CCC(O)C2)c(Cl)s1. The Balaban J connectivity index is 0.000000409. The molecule has 11 rings (SSSR count). The molecule has 0 spiro atoms. The van der Waals surface area contributed by atoms with Crippen molar-refractivity contribution in [2.45, 2.75) is 255 Å². The first-order valence-electron chi connectivity index (χ1n) is 44.0. The normalized spacial score (nSPS) is 12.7. The molecule has 52 heteroatoms. The number of carbonyl (C=O) groups is 15. The van der Waals surface area contributed by atoms with Gasteiger partial charge in [-0.15, -0.1) is 79.4 Å². The Morgan fingerprint density at radius 1 is 0.348 bits per heavy atom. The van der Waals surface area contributed by atoms with E-state index in [-0.39, 0.29) is 164 Å². The smallest absolute Gasteiger partial charge is 0.261 e. The molecule has 32 nitrogen and oxygen atoms in total. The molecule has 9 aromatic rings. The van der Waals surface area contributed by atoms with Gasteiger partial charge in [-0.3, -0.25) is 76.8 Å². The van der Waals surface area contributed by atoms with Crippen LogP contribution in [-0.2, 0) is 28.8 Å². The molecule has 0 radical (unpaired) electrons. The van der Waals surface area contributed by atoms with Crippen LogP contribution in [0.25, 0.3) is 0 Å². The highest BCUT2D eigenvalue weighted by atomic mass is 35.5. The number of carbonyl (C=O) groups excluding carboxylic acids is 15. The molecule has 2 saturated heterocycles. The third-order valence-corrected chi connectivity index (χ3v) is 28.8. The van der Waals surface area contributed by atoms with E-state index in [1.54, 1.807) is 46.4 Å². The van der Waals surface area contributed by atoms with Gasteiger partial charge < -0.3 is 37.8 Å². The van der Waals surface area contributed by atoms with E-state index in [0.717, 1.165) is 103 Å². The summed E-state index contributed by atoms with van der Waals surface area (Å²) in [5, 5.41) is 19.5. The summed E-state index contributed by atoms with van der Waals surface area (Å²) < 4.78 is 55.1. The van der Waals surface area contributed by atoms with Gasteiger partial charge in [0.2, 0.25) is 39.8 Å². The summed E-state index contributed by atoms with van der Waals surface area (Å²) in [5.74, 6) is -5.81. The molecular weight excluding hydrogens is 2160 g/mol. The molecule has 0 saturated carbocycles. The summed E-state index contributed by atoms with van der Waals surface area (Å²) in [7, 11) is 3.02. The van der Waals surface area contributed by atoms with Crippen molar-refractivity contribution >= 4 is 271 Å². The minimum atomic E-state index is -2.57. The number of β-amino-alcohol motifs (C(OH)–C–C–N with tert-alkyl or cyclic N) is 1. The number of hydrogen-bond acceptors (Lipinski definition) is 36. The Kier molecular flexibility index (Phi) is 60.1. The third-order valence-electron chi connectivity index (χ3n) is 19.1. The fraction of sp³-hybridized carbons (Fsp3) is 0.528. The van der Waals surface area contributed by atoms with Gasteiger partial charge in [0.15, 0.2) is 63.4 Å². The Morgan fingerprint density at radius 3 is 0.851 bits per heavy atom. The number of aliphatic hydroxyl groups is 1.